The van der Waals surface area contributed by atoms with Crippen LogP contribution in [0.1, 0.15) is 25.0 Å². The van der Waals surface area contributed by atoms with Crippen LogP contribution in [0.3, 0.4) is 0 Å². The normalized spacial score (nSPS) is 10.3. The molecule has 2 rings (SSSR count). The summed E-state index contributed by atoms with van der Waals surface area (Å²) in [6, 6.07) is 9.86. The van der Waals surface area contributed by atoms with Crippen LogP contribution in [0.15, 0.2) is 42.7 Å². The molecule has 1 aromatic carbocycles. The van der Waals surface area contributed by atoms with E-state index in [2.05, 4.69) is 35.1 Å². The van der Waals surface area contributed by atoms with Crippen molar-refractivity contribution in [3.8, 4) is 0 Å². The number of benzene rings is 1. The van der Waals surface area contributed by atoms with Crippen molar-refractivity contribution in [2.75, 3.05) is 29.9 Å². The Balaban J connectivity index is 1.87. The molecule has 0 spiro atoms. The highest BCUT2D eigenvalue weighted by Crippen LogP contribution is 2.22. The summed E-state index contributed by atoms with van der Waals surface area (Å²) in [4.78, 5) is 18.2. The van der Waals surface area contributed by atoms with Gasteiger partial charge in [0.05, 0.1) is 6.61 Å². The van der Waals surface area contributed by atoms with Crippen molar-refractivity contribution in [2.24, 2.45) is 0 Å². The maximum Gasteiger partial charge on any atom is 0.411 e. The highest BCUT2D eigenvalue weighted by atomic mass is 16.5. The Morgan fingerprint density at radius 2 is 1.88 bits per heavy atom. The van der Waals surface area contributed by atoms with Crippen LogP contribution in [0.5, 0.6) is 0 Å². The molecule has 0 saturated heterocycles. The summed E-state index contributed by atoms with van der Waals surface area (Å²) in [5.74, 6) is 0. The molecule has 0 bridgehead atoms. The number of hydrogen-bond acceptors (Lipinski definition) is 4. The van der Waals surface area contributed by atoms with Crippen molar-refractivity contribution >= 4 is 17.5 Å². The molecular formula is C19H25N3O2. The largest absolute Gasteiger partial charge is 0.449 e. The van der Waals surface area contributed by atoms with E-state index in [1.807, 2.05) is 31.2 Å². The minimum atomic E-state index is -0.428. The maximum absolute atomic E-state index is 11.9. The smallest absolute Gasteiger partial charge is 0.411 e. The molecule has 24 heavy (non-hydrogen) atoms. The molecule has 0 unspecified atom stereocenters. The Kier molecular flexibility index (Phi) is 6.61. The van der Waals surface area contributed by atoms with Crippen LogP contribution < -0.4 is 10.2 Å². The van der Waals surface area contributed by atoms with E-state index in [-0.39, 0.29) is 0 Å². The Hall–Kier alpha value is -2.56. The van der Waals surface area contributed by atoms with Gasteiger partial charge in [-0.25, -0.2) is 4.79 Å². The lowest BCUT2D eigenvalue weighted by molar-refractivity contribution is 0.163. The minimum Gasteiger partial charge on any atom is -0.449 e. The zero-order chi connectivity index (χ0) is 17.4. The number of ether oxygens (including phenoxy) is 1. The Bertz CT molecular complexity index is 655. The van der Waals surface area contributed by atoms with Gasteiger partial charge >= 0.3 is 6.09 Å². The average Bonchev–Trinajstić information content (AvgIpc) is 2.59. The van der Waals surface area contributed by atoms with E-state index in [0.717, 1.165) is 35.6 Å². The summed E-state index contributed by atoms with van der Waals surface area (Å²) < 4.78 is 5.24. The molecule has 1 N–H and O–H groups in total. The molecule has 0 fully saturated rings. The second-order valence-corrected chi connectivity index (χ2v) is 5.54. The molecule has 0 saturated carbocycles. The summed E-state index contributed by atoms with van der Waals surface area (Å²) in [7, 11) is 0. The van der Waals surface area contributed by atoms with Crippen molar-refractivity contribution in [1.29, 1.82) is 0 Å². The fourth-order valence-electron chi connectivity index (χ4n) is 2.53. The SMILES string of the molecule is CCN(CC)c1ccc(NC(=O)OCCc2ccncc2)c(C)c1. The van der Waals surface area contributed by atoms with E-state index in [1.165, 1.54) is 0 Å². The Morgan fingerprint density at radius 3 is 2.50 bits per heavy atom. The number of aromatic nitrogens is 1. The molecule has 0 aliphatic rings. The zero-order valence-electron chi connectivity index (χ0n) is 14.6. The molecule has 1 amide bonds. The van der Waals surface area contributed by atoms with E-state index < -0.39 is 6.09 Å². The number of amides is 1. The molecule has 0 aliphatic carbocycles. The van der Waals surface area contributed by atoms with Crippen LogP contribution in [0.4, 0.5) is 16.2 Å². The molecule has 1 heterocycles. The van der Waals surface area contributed by atoms with Crippen LogP contribution in [0.25, 0.3) is 0 Å². The molecule has 2 aromatic rings. The quantitative estimate of drug-likeness (QED) is 0.834. The average molecular weight is 327 g/mol. The first kappa shape index (κ1) is 17.8. The second-order valence-electron chi connectivity index (χ2n) is 5.54. The van der Waals surface area contributed by atoms with Gasteiger partial charge in [0.15, 0.2) is 0 Å². The lowest BCUT2D eigenvalue weighted by Crippen LogP contribution is -2.22. The number of nitrogens with one attached hydrogen (secondary N) is 1. The monoisotopic (exact) mass is 327 g/mol. The first-order chi connectivity index (χ1) is 11.6. The van der Waals surface area contributed by atoms with Crippen molar-refractivity contribution in [2.45, 2.75) is 27.2 Å². The van der Waals surface area contributed by atoms with Crippen LogP contribution in [-0.4, -0.2) is 30.8 Å². The first-order valence-corrected chi connectivity index (χ1v) is 8.32. The maximum atomic E-state index is 11.9. The second kappa shape index (κ2) is 8.91. The highest BCUT2D eigenvalue weighted by molar-refractivity contribution is 5.86. The fourth-order valence-corrected chi connectivity index (χ4v) is 2.53. The molecule has 0 atom stereocenters. The molecule has 5 heteroatoms. The topological polar surface area (TPSA) is 54.5 Å². The summed E-state index contributed by atoms with van der Waals surface area (Å²) in [5, 5.41) is 2.81. The predicted octanol–water partition coefficient (Wildman–Crippen LogP) is 4.03. The molecule has 128 valence electrons. The van der Waals surface area contributed by atoms with E-state index in [1.54, 1.807) is 12.4 Å². The minimum absolute atomic E-state index is 0.340. The van der Waals surface area contributed by atoms with Crippen LogP contribution in [-0.2, 0) is 11.2 Å². The van der Waals surface area contributed by atoms with Gasteiger partial charge in [0.2, 0.25) is 0 Å². The molecule has 0 aliphatic heterocycles. The zero-order valence-corrected chi connectivity index (χ0v) is 14.6. The van der Waals surface area contributed by atoms with E-state index in [0.29, 0.717) is 13.0 Å². The summed E-state index contributed by atoms with van der Waals surface area (Å²) in [5.41, 5.74) is 4.05. The van der Waals surface area contributed by atoms with Crippen molar-refractivity contribution in [3.63, 3.8) is 0 Å². The highest BCUT2D eigenvalue weighted by Gasteiger charge is 2.08. The van der Waals surface area contributed by atoms with Gasteiger partial charge in [0.25, 0.3) is 0 Å². The fraction of sp³-hybridized carbons (Fsp3) is 0.368. The van der Waals surface area contributed by atoms with Crippen molar-refractivity contribution in [1.82, 2.24) is 4.98 Å². The Labute approximate surface area is 143 Å². The van der Waals surface area contributed by atoms with Gasteiger partial charge in [-0.3, -0.25) is 10.3 Å². The number of pyridine rings is 1. The number of hydrogen-bond donors (Lipinski definition) is 1. The summed E-state index contributed by atoms with van der Waals surface area (Å²) >= 11 is 0. The van der Waals surface area contributed by atoms with Gasteiger partial charge in [0, 0.05) is 43.3 Å². The molecular weight excluding hydrogens is 302 g/mol. The van der Waals surface area contributed by atoms with Crippen LogP contribution in [0.2, 0.25) is 0 Å². The van der Waals surface area contributed by atoms with Crippen LogP contribution >= 0.6 is 0 Å². The summed E-state index contributed by atoms with van der Waals surface area (Å²) in [6.45, 7) is 8.50. The summed E-state index contributed by atoms with van der Waals surface area (Å²) in [6.07, 6.45) is 3.71. The number of anilines is 2. The molecule has 1 aromatic heterocycles. The third kappa shape index (κ3) is 4.98. The van der Waals surface area contributed by atoms with E-state index in [4.69, 9.17) is 4.74 Å². The van der Waals surface area contributed by atoms with E-state index in [9.17, 15) is 4.79 Å². The Morgan fingerprint density at radius 1 is 1.17 bits per heavy atom. The van der Waals surface area contributed by atoms with Crippen molar-refractivity contribution < 1.29 is 9.53 Å². The third-order valence-electron chi connectivity index (χ3n) is 3.95. The number of nitrogens with zero attached hydrogens (tertiary/aromatic N) is 2. The lowest BCUT2D eigenvalue weighted by Gasteiger charge is -2.22. The van der Waals surface area contributed by atoms with Gasteiger partial charge in [0.1, 0.15) is 0 Å². The van der Waals surface area contributed by atoms with Gasteiger partial charge < -0.3 is 9.64 Å². The first-order valence-electron chi connectivity index (χ1n) is 8.32. The van der Waals surface area contributed by atoms with Crippen molar-refractivity contribution in [3.05, 3.63) is 53.9 Å². The van der Waals surface area contributed by atoms with Gasteiger partial charge in [-0.05, 0) is 62.2 Å². The number of aryl methyl sites for hydroxylation is 1. The van der Waals surface area contributed by atoms with Gasteiger partial charge in [-0.15, -0.1) is 0 Å². The van der Waals surface area contributed by atoms with E-state index >= 15 is 0 Å². The number of carbonyl (C=O) groups is 1. The third-order valence-corrected chi connectivity index (χ3v) is 3.95. The predicted molar refractivity (Wildman–Crippen MR) is 97.7 cm³/mol. The molecule has 0 radical (unpaired) electrons. The number of rotatable bonds is 7. The van der Waals surface area contributed by atoms with Gasteiger partial charge in [-0.2, -0.15) is 0 Å². The standard InChI is InChI=1S/C19H25N3O2/c1-4-22(5-2)17-6-7-18(15(3)14-17)21-19(23)24-13-10-16-8-11-20-12-9-16/h6-9,11-12,14H,4-5,10,13H2,1-3H3,(H,21,23). The number of carbonyl (C=O) groups excluding carboxylic acids is 1. The van der Waals surface area contributed by atoms with Gasteiger partial charge in [-0.1, -0.05) is 0 Å². The molecule has 5 nitrogen and oxygen atoms in total. The lowest BCUT2D eigenvalue weighted by atomic mass is 10.1. The van der Waals surface area contributed by atoms with Crippen LogP contribution in [0, 0.1) is 6.92 Å².